The Kier molecular flexibility index (Phi) is 6.98. The van der Waals surface area contributed by atoms with Gasteiger partial charge in [0.2, 0.25) is 5.91 Å². The minimum atomic E-state index is -0.0894. The van der Waals surface area contributed by atoms with Crippen LogP contribution in [0, 0.1) is 11.8 Å². The van der Waals surface area contributed by atoms with E-state index in [1.165, 1.54) is 0 Å². The van der Waals surface area contributed by atoms with Gasteiger partial charge in [0.15, 0.2) is 0 Å². The molecule has 1 N–H and O–H groups in total. The van der Waals surface area contributed by atoms with Crippen LogP contribution in [0.25, 0.3) is 0 Å². The molecule has 0 radical (unpaired) electrons. The van der Waals surface area contributed by atoms with Gasteiger partial charge in [-0.1, -0.05) is 30.7 Å². The van der Waals surface area contributed by atoms with E-state index in [0.29, 0.717) is 36.1 Å². The number of halogens is 1. The van der Waals surface area contributed by atoms with Gasteiger partial charge in [0.25, 0.3) is 5.91 Å². The van der Waals surface area contributed by atoms with Crippen molar-refractivity contribution in [3.8, 4) is 0 Å². The number of carbonyl (C=O) groups is 2. The lowest BCUT2D eigenvalue weighted by Gasteiger charge is -2.40. The molecule has 1 aromatic heterocycles. The molecule has 0 unspecified atom stereocenters. The first-order valence-corrected chi connectivity index (χ1v) is 13.0. The molecule has 1 aromatic carbocycles. The molecule has 0 bridgehead atoms. The van der Waals surface area contributed by atoms with Gasteiger partial charge >= 0.3 is 0 Å². The molecule has 2 saturated heterocycles. The third-order valence-electron chi connectivity index (χ3n) is 8.08. The molecule has 1 aliphatic carbocycles. The average molecular weight is 484 g/mol. The van der Waals surface area contributed by atoms with Crippen LogP contribution in [-0.4, -0.2) is 59.9 Å². The van der Waals surface area contributed by atoms with Gasteiger partial charge in [-0.25, -0.2) is 0 Å². The van der Waals surface area contributed by atoms with Crippen LogP contribution in [0.3, 0.4) is 0 Å². The summed E-state index contributed by atoms with van der Waals surface area (Å²) in [5.74, 6) is 0.999. The monoisotopic (exact) mass is 483 g/mol. The van der Waals surface area contributed by atoms with Crippen molar-refractivity contribution in [2.45, 2.75) is 57.0 Å². The van der Waals surface area contributed by atoms with E-state index in [9.17, 15) is 9.59 Å². The maximum atomic E-state index is 13.6. The van der Waals surface area contributed by atoms with E-state index in [1.807, 2.05) is 29.2 Å². The van der Waals surface area contributed by atoms with Crippen molar-refractivity contribution >= 4 is 23.4 Å². The summed E-state index contributed by atoms with van der Waals surface area (Å²) in [6.07, 6.45) is 8.27. The highest BCUT2D eigenvalue weighted by molar-refractivity contribution is 6.30. The smallest absolute Gasteiger partial charge is 0.257 e. The van der Waals surface area contributed by atoms with E-state index in [1.54, 1.807) is 18.6 Å². The molecule has 3 aliphatic rings. The predicted octanol–water partition coefficient (Wildman–Crippen LogP) is 4.56. The number of amides is 2. The molecule has 3 atom stereocenters. The van der Waals surface area contributed by atoms with Gasteiger partial charge in [-0.15, -0.1) is 0 Å². The number of benzene rings is 1. The zero-order valence-electron chi connectivity index (χ0n) is 19.8. The molecular formula is C27H34ClN3O3. The van der Waals surface area contributed by atoms with Crippen LogP contribution in [0.5, 0.6) is 0 Å². The molecule has 1 saturated carbocycles. The summed E-state index contributed by atoms with van der Waals surface area (Å²) in [4.78, 5) is 31.2. The highest BCUT2D eigenvalue weighted by Crippen LogP contribution is 2.34. The van der Waals surface area contributed by atoms with Gasteiger partial charge in [-0.3, -0.25) is 9.59 Å². The lowest BCUT2D eigenvalue weighted by Crippen LogP contribution is -2.50. The number of likely N-dealkylation sites (tertiary alicyclic amines) is 1. The summed E-state index contributed by atoms with van der Waals surface area (Å²) in [5.41, 5.74) is 1.75. The van der Waals surface area contributed by atoms with Crippen LogP contribution in [0.4, 0.5) is 0 Å². The van der Waals surface area contributed by atoms with Crippen LogP contribution in [0.1, 0.15) is 60.9 Å². The van der Waals surface area contributed by atoms with Gasteiger partial charge in [-0.2, -0.15) is 0 Å². The van der Waals surface area contributed by atoms with Crippen LogP contribution in [-0.2, 0) is 4.79 Å². The molecule has 182 valence electrons. The van der Waals surface area contributed by atoms with E-state index in [0.717, 1.165) is 44.2 Å². The second-order valence-electron chi connectivity index (χ2n) is 10.3. The summed E-state index contributed by atoms with van der Waals surface area (Å²) in [6.45, 7) is 5.08. The summed E-state index contributed by atoms with van der Waals surface area (Å²) in [5, 5.41) is 4.12. The molecule has 2 aliphatic heterocycles. The number of furan rings is 1. The Morgan fingerprint density at radius 1 is 1.03 bits per heavy atom. The number of nitrogens with zero attached hydrogens (tertiary/aromatic N) is 2. The lowest BCUT2D eigenvalue weighted by molar-refractivity contribution is -0.134. The molecule has 5 rings (SSSR count). The van der Waals surface area contributed by atoms with E-state index in [-0.39, 0.29) is 35.7 Å². The summed E-state index contributed by atoms with van der Waals surface area (Å²) in [6, 6.07) is 9.88. The molecule has 3 fully saturated rings. The Balaban J connectivity index is 1.30. The number of rotatable bonds is 5. The van der Waals surface area contributed by atoms with E-state index in [4.69, 9.17) is 16.0 Å². The van der Waals surface area contributed by atoms with Crippen molar-refractivity contribution in [2.24, 2.45) is 11.8 Å². The van der Waals surface area contributed by atoms with Crippen LogP contribution in [0.2, 0.25) is 5.02 Å². The maximum absolute atomic E-state index is 13.6. The van der Waals surface area contributed by atoms with Crippen molar-refractivity contribution in [1.82, 2.24) is 15.1 Å². The zero-order valence-corrected chi connectivity index (χ0v) is 20.5. The first-order chi connectivity index (χ1) is 16.5. The van der Waals surface area contributed by atoms with Crippen LogP contribution >= 0.6 is 11.6 Å². The van der Waals surface area contributed by atoms with Gasteiger partial charge in [0.05, 0.1) is 23.8 Å². The highest BCUT2D eigenvalue weighted by Gasteiger charge is 2.42. The van der Waals surface area contributed by atoms with E-state index in [2.05, 4.69) is 17.1 Å². The van der Waals surface area contributed by atoms with Crippen molar-refractivity contribution in [3.05, 3.63) is 59.0 Å². The normalized spacial score (nSPS) is 29.4. The van der Waals surface area contributed by atoms with Gasteiger partial charge in [0, 0.05) is 43.2 Å². The van der Waals surface area contributed by atoms with Crippen LogP contribution in [0.15, 0.2) is 47.3 Å². The third-order valence-corrected chi connectivity index (χ3v) is 8.33. The molecule has 2 amide bonds. The summed E-state index contributed by atoms with van der Waals surface area (Å²) in [7, 11) is 0. The van der Waals surface area contributed by atoms with Gasteiger partial charge < -0.3 is 19.5 Å². The van der Waals surface area contributed by atoms with E-state index >= 15 is 0 Å². The van der Waals surface area contributed by atoms with Crippen molar-refractivity contribution in [3.63, 3.8) is 0 Å². The van der Waals surface area contributed by atoms with Crippen molar-refractivity contribution in [1.29, 1.82) is 0 Å². The standard InChI is InChI=1S/C27H34ClN3O3/c1-18-2-8-22(9-3-18)31(26(32)20-11-13-34-17-20)23-10-12-30(16-23)27(33)25-15-29-14-24(25)19-4-6-21(28)7-5-19/h4-7,11,13,17-18,22-25,29H,2-3,8-10,12,14-16H2,1H3/t18-,22+,23-,24-,25+/m0/s1. The van der Waals surface area contributed by atoms with Gasteiger partial charge in [0.1, 0.15) is 6.26 Å². The fraction of sp³-hybridized carbons (Fsp3) is 0.556. The Labute approximate surface area is 206 Å². The molecule has 34 heavy (non-hydrogen) atoms. The highest BCUT2D eigenvalue weighted by atomic mass is 35.5. The quantitative estimate of drug-likeness (QED) is 0.677. The zero-order chi connectivity index (χ0) is 23.7. The Morgan fingerprint density at radius 2 is 1.79 bits per heavy atom. The first-order valence-electron chi connectivity index (χ1n) is 12.6. The average Bonchev–Trinajstić information content (AvgIpc) is 3.62. The Bertz CT molecular complexity index is 985. The fourth-order valence-electron chi connectivity index (χ4n) is 6.09. The molecule has 0 spiro atoms. The Hall–Kier alpha value is -2.31. The topological polar surface area (TPSA) is 65.8 Å². The first kappa shape index (κ1) is 23.4. The third kappa shape index (κ3) is 4.76. The summed E-state index contributed by atoms with van der Waals surface area (Å²) < 4.78 is 5.21. The minimum Gasteiger partial charge on any atom is -0.472 e. The molecule has 2 aromatic rings. The van der Waals surface area contributed by atoms with Crippen molar-refractivity contribution < 1.29 is 14.0 Å². The second-order valence-corrected chi connectivity index (χ2v) is 10.7. The summed E-state index contributed by atoms with van der Waals surface area (Å²) >= 11 is 6.07. The fourth-order valence-corrected chi connectivity index (χ4v) is 6.21. The lowest BCUT2D eigenvalue weighted by atomic mass is 9.85. The number of nitrogens with one attached hydrogen (secondary N) is 1. The molecule has 3 heterocycles. The minimum absolute atomic E-state index is 0.0363. The van der Waals surface area contributed by atoms with Crippen molar-refractivity contribution in [2.75, 3.05) is 26.2 Å². The number of carbonyl (C=O) groups excluding carboxylic acids is 2. The second kappa shape index (κ2) is 10.1. The number of hydrogen-bond acceptors (Lipinski definition) is 4. The molecular weight excluding hydrogens is 450 g/mol. The maximum Gasteiger partial charge on any atom is 0.257 e. The predicted molar refractivity (Wildman–Crippen MR) is 132 cm³/mol. The van der Waals surface area contributed by atoms with Crippen LogP contribution < -0.4 is 5.32 Å². The van der Waals surface area contributed by atoms with E-state index < -0.39 is 0 Å². The molecule has 6 nitrogen and oxygen atoms in total. The number of hydrogen-bond donors (Lipinski definition) is 1. The molecule has 7 heteroatoms. The largest absolute Gasteiger partial charge is 0.472 e. The SMILES string of the molecule is C[C@H]1CC[C@@H](N(C(=O)c2ccoc2)[C@H]2CCN(C(=O)[C@@H]3CNC[C@H]3c3ccc(Cl)cc3)C2)CC1. The Morgan fingerprint density at radius 3 is 2.50 bits per heavy atom. The van der Waals surface area contributed by atoms with Gasteiger partial charge in [-0.05, 0) is 61.8 Å².